The fraction of sp³-hybridized carbons (Fsp3) is 0.429. The van der Waals surface area contributed by atoms with Crippen LogP contribution in [-0.2, 0) is 10.0 Å². The highest BCUT2D eigenvalue weighted by molar-refractivity contribution is 7.89. The SMILES string of the molecule is CN(C)c1cccc(C2CCCN2S(=O)(=O)c2cn[nH]c2)n1. The van der Waals surface area contributed by atoms with Gasteiger partial charge in [0.25, 0.3) is 0 Å². The molecule has 118 valence electrons. The largest absolute Gasteiger partial charge is 0.363 e. The molecule has 8 heteroatoms. The van der Waals surface area contributed by atoms with Crippen molar-refractivity contribution in [1.82, 2.24) is 19.5 Å². The lowest BCUT2D eigenvalue weighted by Crippen LogP contribution is -2.31. The van der Waals surface area contributed by atoms with Crippen LogP contribution in [-0.4, -0.2) is 48.5 Å². The smallest absolute Gasteiger partial charge is 0.246 e. The third-order valence-electron chi connectivity index (χ3n) is 3.84. The Morgan fingerprint density at radius 3 is 2.86 bits per heavy atom. The second-order valence-electron chi connectivity index (χ2n) is 5.52. The van der Waals surface area contributed by atoms with Gasteiger partial charge >= 0.3 is 0 Å². The van der Waals surface area contributed by atoms with E-state index in [4.69, 9.17) is 0 Å². The third kappa shape index (κ3) is 2.59. The average molecular weight is 321 g/mol. The lowest BCUT2D eigenvalue weighted by Gasteiger charge is -2.24. The van der Waals surface area contributed by atoms with Gasteiger partial charge in [0.1, 0.15) is 10.7 Å². The van der Waals surface area contributed by atoms with Crippen LogP contribution in [0.15, 0.2) is 35.5 Å². The highest BCUT2D eigenvalue weighted by atomic mass is 32.2. The maximum atomic E-state index is 12.7. The fourth-order valence-corrected chi connectivity index (χ4v) is 4.29. The molecule has 1 saturated heterocycles. The van der Waals surface area contributed by atoms with E-state index < -0.39 is 10.0 Å². The summed E-state index contributed by atoms with van der Waals surface area (Å²) in [5, 5.41) is 6.30. The summed E-state index contributed by atoms with van der Waals surface area (Å²) in [5.41, 5.74) is 0.788. The number of nitrogens with one attached hydrogen (secondary N) is 1. The van der Waals surface area contributed by atoms with Gasteiger partial charge in [0.2, 0.25) is 10.0 Å². The average Bonchev–Trinajstić information content (AvgIpc) is 3.19. The van der Waals surface area contributed by atoms with Gasteiger partial charge in [-0.15, -0.1) is 0 Å². The number of hydrogen-bond donors (Lipinski definition) is 1. The second-order valence-corrected chi connectivity index (χ2v) is 7.41. The Labute approximate surface area is 130 Å². The Bertz CT molecular complexity index is 742. The number of H-pyrrole nitrogens is 1. The van der Waals surface area contributed by atoms with E-state index >= 15 is 0 Å². The lowest BCUT2D eigenvalue weighted by atomic mass is 10.1. The van der Waals surface area contributed by atoms with Crippen molar-refractivity contribution >= 4 is 15.8 Å². The Balaban J connectivity index is 1.96. The van der Waals surface area contributed by atoms with Crippen LogP contribution in [0, 0.1) is 0 Å². The van der Waals surface area contributed by atoms with Gasteiger partial charge < -0.3 is 4.90 Å². The molecule has 7 nitrogen and oxygen atoms in total. The van der Waals surface area contributed by atoms with Crippen molar-refractivity contribution in [2.75, 3.05) is 25.5 Å². The maximum Gasteiger partial charge on any atom is 0.246 e. The van der Waals surface area contributed by atoms with Crippen LogP contribution in [0.1, 0.15) is 24.6 Å². The van der Waals surface area contributed by atoms with Crippen molar-refractivity contribution in [1.29, 1.82) is 0 Å². The minimum absolute atomic E-state index is 0.197. The number of aromatic amines is 1. The minimum atomic E-state index is -3.54. The first-order valence-electron chi connectivity index (χ1n) is 7.15. The van der Waals surface area contributed by atoms with Crippen molar-refractivity contribution in [3.05, 3.63) is 36.3 Å². The van der Waals surface area contributed by atoms with Crippen LogP contribution in [0.5, 0.6) is 0 Å². The van der Waals surface area contributed by atoms with Gasteiger partial charge in [0, 0.05) is 26.8 Å². The zero-order valence-electron chi connectivity index (χ0n) is 12.6. The summed E-state index contributed by atoms with van der Waals surface area (Å²) in [6.45, 7) is 0.506. The number of anilines is 1. The predicted molar refractivity (Wildman–Crippen MR) is 83.0 cm³/mol. The zero-order chi connectivity index (χ0) is 15.7. The molecule has 0 radical (unpaired) electrons. The van der Waals surface area contributed by atoms with Crippen molar-refractivity contribution in [3.63, 3.8) is 0 Å². The van der Waals surface area contributed by atoms with Crippen LogP contribution >= 0.6 is 0 Å². The first-order chi connectivity index (χ1) is 10.5. The molecular weight excluding hydrogens is 302 g/mol. The van der Waals surface area contributed by atoms with E-state index in [1.807, 2.05) is 37.2 Å². The van der Waals surface area contributed by atoms with Gasteiger partial charge in [-0.2, -0.15) is 9.40 Å². The van der Waals surface area contributed by atoms with Crippen molar-refractivity contribution in [2.45, 2.75) is 23.8 Å². The molecule has 0 amide bonds. The van der Waals surface area contributed by atoms with E-state index in [1.54, 1.807) is 0 Å². The predicted octanol–water partition coefficient (Wildman–Crippen LogP) is 1.40. The van der Waals surface area contributed by atoms with Crippen molar-refractivity contribution in [2.24, 2.45) is 0 Å². The minimum Gasteiger partial charge on any atom is -0.363 e. The van der Waals surface area contributed by atoms with Crippen LogP contribution in [0.25, 0.3) is 0 Å². The molecule has 3 rings (SSSR count). The third-order valence-corrected chi connectivity index (χ3v) is 5.71. The second kappa shape index (κ2) is 5.69. The summed E-state index contributed by atoms with van der Waals surface area (Å²) < 4.78 is 27.0. The van der Waals surface area contributed by atoms with Gasteiger partial charge in [-0.3, -0.25) is 5.10 Å². The number of nitrogens with zero attached hydrogens (tertiary/aromatic N) is 4. The van der Waals surface area contributed by atoms with Crippen LogP contribution in [0.3, 0.4) is 0 Å². The topological polar surface area (TPSA) is 82.2 Å². The standard InChI is InChI=1S/C14H19N5O2S/c1-18(2)14-7-3-5-12(17-14)13-6-4-8-19(13)22(20,21)11-9-15-16-10-11/h3,5,7,9-10,13H,4,6,8H2,1-2H3,(H,15,16). The zero-order valence-corrected chi connectivity index (χ0v) is 13.4. The van der Waals surface area contributed by atoms with E-state index in [0.29, 0.717) is 6.54 Å². The molecule has 3 heterocycles. The summed E-state index contributed by atoms with van der Waals surface area (Å²) in [4.78, 5) is 6.70. The summed E-state index contributed by atoms with van der Waals surface area (Å²) in [6, 6.07) is 5.49. The fourth-order valence-electron chi connectivity index (χ4n) is 2.71. The molecule has 0 saturated carbocycles. The summed E-state index contributed by atoms with van der Waals surface area (Å²) >= 11 is 0. The Morgan fingerprint density at radius 2 is 2.18 bits per heavy atom. The molecule has 1 aliphatic heterocycles. The van der Waals surface area contributed by atoms with Gasteiger partial charge in [0.05, 0.1) is 17.9 Å². The van der Waals surface area contributed by atoms with E-state index in [1.165, 1.54) is 16.7 Å². The molecule has 1 N–H and O–H groups in total. The summed E-state index contributed by atoms with van der Waals surface area (Å²) in [7, 11) is 0.295. The van der Waals surface area contributed by atoms with Gasteiger partial charge in [0.15, 0.2) is 0 Å². The molecule has 22 heavy (non-hydrogen) atoms. The first kappa shape index (κ1) is 15.0. The maximum absolute atomic E-state index is 12.7. The van der Waals surface area contributed by atoms with E-state index in [9.17, 15) is 8.42 Å². The quantitative estimate of drug-likeness (QED) is 0.920. The van der Waals surface area contributed by atoms with E-state index in [0.717, 1.165) is 24.4 Å². The number of sulfonamides is 1. The highest BCUT2D eigenvalue weighted by Crippen LogP contribution is 2.35. The molecule has 1 fully saturated rings. The molecule has 0 bridgehead atoms. The number of pyridine rings is 1. The number of hydrogen-bond acceptors (Lipinski definition) is 5. The van der Waals surface area contributed by atoms with Crippen LogP contribution in [0.4, 0.5) is 5.82 Å². The summed E-state index contributed by atoms with van der Waals surface area (Å²) in [6.07, 6.45) is 4.36. The monoisotopic (exact) mass is 321 g/mol. The first-order valence-corrected chi connectivity index (χ1v) is 8.59. The van der Waals surface area contributed by atoms with Crippen LogP contribution < -0.4 is 4.90 Å². The molecular formula is C14H19N5O2S. The van der Waals surface area contributed by atoms with E-state index in [-0.39, 0.29) is 10.9 Å². The van der Waals surface area contributed by atoms with Crippen LogP contribution in [0.2, 0.25) is 0 Å². The normalized spacial score (nSPS) is 19.5. The molecule has 2 aromatic rings. The van der Waals surface area contributed by atoms with Gasteiger partial charge in [-0.05, 0) is 25.0 Å². The van der Waals surface area contributed by atoms with Gasteiger partial charge in [-0.1, -0.05) is 6.07 Å². The van der Waals surface area contributed by atoms with Crippen molar-refractivity contribution < 1.29 is 8.42 Å². The Morgan fingerprint density at radius 1 is 1.36 bits per heavy atom. The molecule has 0 aromatic carbocycles. The highest BCUT2D eigenvalue weighted by Gasteiger charge is 2.37. The molecule has 1 unspecified atom stereocenters. The molecule has 0 spiro atoms. The van der Waals surface area contributed by atoms with E-state index in [2.05, 4.69) is 15.2 Å². The molecule has 2 aromatic heterocycles. The number of rotatable bonds is 4. The van der Waals surface area contributed by atoms with Gasteiger partial charge in [-0.25, -0.2) is 13.4 Å². The summed E-state index contributed by atoms with van der Waals surface area (Å²) in [5.74, 6) is 0.824. The molecule has 0 aliphatic carbocycles. The Hall–Kier alpha value is -1.93. The Kier molecular flexibility index (Phi) is 3.88. The lowest BCUT2D eigenvalue weighted by molar-refractivity contribution is 0.390. The molecule has 1 atom stereocenters. The van der Waals surface area contributed by atoms with Crippen molar-refractivity contribution in [3.8, 4) is 0 Å². The molecule has 1 aliphatic rings. The number of aromatic nitrogens is 3.